The van der Waals surface area contributed by atoms with Gasteiger partial charge in [0, 0.05) is 38.9 Å². The van der Waals surface area contributed by atoms with Crippen molar-refractivity contribution in [2.45, 2.75) is 13.0 Å². The van der Waals surface area contributed by atoms with E-state index in [0.29, 0.717) is 12.5 Å². The fourth-order valence-corrected chi connectivity index (χ4v) is 3.13. The summed E-state index contributed by atoms with van der Waals surface area (Å²) >= 11 is 0. The number of guanidine groups is 1. The van der Waals surface area contributed by atoms with Gasteiger partial charge in [0.1, 0.15) is 11.6 Å². The molecule has 1 aliphatic heterocycles. The lowest BCUT2D eigenvalue weighted by Crippen LogP contribution is -2.44. The molecular formula is C21H31IN6O. The van der Waals surface area contributed by atoms with Gasteiger partial charge in [-0.25, -0.2) is 9.98 Å². The Morgan fingerprint density at radius 1 is 1.14 bits per heavy atom. The second-order valence-electron chi connectivity index (χ2n) is 7.04. The minimum atomic E-state index is 0. The number of hydrogen-bond acceptors (Lipinski definition) is 5. The first-order valence-electron chi connectivity index (χ1n) is 9.69. The zero-order valence-electron chi connectivity index (χ0n) is 17.2. The number of halogens is 1. The molecule has 0 bridgehead atoms. The Bertz CT molecular complexity index is 775. The molecule has 1 fully saturated rings. The number of benzene rings is 1. The van der Waals surface area contributed by atoms with Gasteiger partial charge in [0.15, 0.2) is 5.96 Å². The molecule has 3 N–H and O–H groups in total. The van der Waals surface area contributed by atoms with Gasteiger partial charge in [0.05, 0.1) is 13.7 Å². The minimum absolute atomic E-state index is 0. The predicted molar refractivity (Wildman–Crippen MR) is 129 cm³/mol. The van der Waals surface area contributed by atoms with Gasteiger partial charge >= 0.3 is 0 Å². The van der Waals surface area contributed by atoms with Crippen LogP contribution in [0.4, 0.5) is 5.82 Å². The number of hydrogen-bond donors (Lipinski definition) is 2. The van der Waals surface area contributed by atoms with Crippen LogP contribution in [0.1, 0.15) is 11.1 Å². The van der Waals surface area contributed by atoms with Gasteiger partial charge in [0.2, 0.25) is 0 Å². The van der Waals surface area contributed by atoms with Crippen molar-refractivity contribution < 1.29 is 4.74 Å². The van der Waals surface area contributed by atoms with Crippen molar-refractivity contribution in [2.75, 3.05) is 51.8 Å². The van der Waals surface area contributed by atoms with E-state index in [1.807, 2.05) is 24.4 Å². The number of rotatable bonds is 7. The van der Waals surface area contributed by atoms with E-state index in [1.165, 1.54) is 5.56 Å². The molecule has 3 rings (SSSR count). The summed E-state index contributed by atoms with van der Waals surface area (Å²) in [6.45, 7) is 5.43. The van der Waals surface area contributed by atoms with Crippen LogP contribution in [0.25, 0.3) is 0 Å². The van der Waals surface area contributed by atoms with E-state index in [4.69, 9.17) is 10.5 Å². The molecule has 1 aliphatic rings. The molecular weight excluding hydrogens is 479 g/mol. The summed E-state index contributed by atoms with van der Waals surface area (Å²) in [5.41, 5.74) is 8.36. The van der Waals surface area contributed by atoms with Gasteiger partial charge in [-0.05, 0) is 48.9 Å². The highest BCUT2D eigenvalue weighted by atomic mass is 127. The average Bonchev–Trinajstić information content (AvgIpc) is 2.73. The zero-order chi connectivity index (χ0) is 19.8. The Labute approximate surface area is 190 Å². The number of methoxy groups -OCH3 is 1. The van der Waals surface area contributed by atoms with Crippen LogP contribution in [0.5, 0.6) is 5.75 Å². The molecule has 2 aromatic rings. The molecule has 0 atom stereocenters. The predicted octanol–water partition coefficient (Wildman–Crippen LogP) is 2.11. The smallest absolute Gasteiger partial charge is 0.188 e. The number of pyridine rings is 1. The largest absolute Gasteiger partial charge is 0.497 e. The van der Waals surface area contributed by atoms with E-state index < -0.39 is 0 Å². The van der Waals surface area contributed by atoms with Crippen LogP contribution < -0.4 is 20.7 Å². The monoisotopic (exact) mass is 510 g/mol. The van der Waals surface area contributed by atoms with Gasteiger partial charge in [0.25, 0.3) is 0 Å². The van der Waals surface area contributed by atoms with E-state index in [2.05, 4.69) is 50.3 Å². The summed E-state index contributed by atoms with van der Waals surface area (Å²) in [5.74, 6) is 2.35. The molecule has 29 heavy (non-hydrogen) atoms. The van der Waals surface area contributed by atoms with Gasteiger partial charge in [-0.1, -0.05) is 12.1 Å². The highest BCUT2D eigenvalue weighted by Gasteiger charge is 2.15. The quantitative estimate of drug-likeness (QED) is 0.338. The summed E-state index contributed by atoms with van der Waals surface area (Å²) in [5, 5.41) is 3.18. The van der Waals surface area contributed by atoms with Crippen LogP contribution in [0.15, 0.2) is 47.6 Å². The number of nitrogens with one attached hydrogen (secondary N) is 1. The first-order chi connectivity index (χ1) is 13.6. The van der Waals surface area contributed by atoms with E-state index in [-0.39, 0.29) is 24.0 Å². The summed E-state index contributed by atoms with van der Waals surface area (Å²) in [6.07, 6.45) is 2.73. The van der Waals surface area contributed by atoms with E-state index in [9.17, 15) is 0 Å². The number of nitrogens with two attached hydrogens (primary N) is 1. The molecule has 8 heteroatoms. The molecule has 0 radical (unpaired) electrons. The second-order valence-corrected chi connectivity index (χ2v) is 7.04. The number of anilines is 1. The van der Waals surface area contributed by atoms with Crippen LogP contribution in [0, 0.1) is 0 Å². The maximum atomic E-state index is 6.01. The molecule has 1 aromatic heterocycles. The van der Waals surface area contributed by atoms with Crippen LogP contribution >= 0.6 is 24.0 Å². The molecule has 7 nitrogen and oxygen atoms in total. The second kappa shape index (κ2) is 11.8. The Hall–Kier alpha value is -2.07. The van der Waals surface area contributed by atoms with Crippen LogP contribution in [-0.2, 0) is 13.0 Å². The topological polar surface area (TPSA) is 79.0 Å². The Morgan fingerprint density at radius 3 is 2.55 bits per heavy atom. The Morgan fingerprint density at radius 2 is 1.86 bits per heavy atom. The number of piperazine rings is 1. The maximum absolute atomic E-state index is 6.01. The summed E-state index contributed by atoms with van der Waals surface area (Å²) in [7, 11) is 3.82. The number of likely N-dealkylation sites (N-methyl/N-ethyl adjacent to an activating group) is 1. The fourth-order valence-electron chi connectivity index (χ4n) is 3.13. The maximum Gasteiger partial charge on any atom is 0.188 e. The number of aromatic nitrogens is 1. The molecule has 0 saturated carbocycles. The van der Waals surface area contributed by atoms with Crippen LogP contribution in [0.3, 0.4) is 0 Å². The van der Waals surface area contributed by atoms with Gasteiger partial charge in [-0.15, -0.1) is 24.0 Å². The van der Waals surface area contributed by atoms with E-state index in [1.54, 1.807) is 7.11 Å². The SMILES string of the molecule is COc1ccc(CCNC(N)=NCc2ccnc(N3CCN(C)CC3)c2)cc1.I. The molecule has 1 saturated heterocycles. The van der Waals surface area contributed by atoms with Crippen molar-refractivity contribution in [1.29, 1.82) is 0 Å². The van der Waals surface area contributed by atoms with Gasteiger partial charge in [-0.3, -0.25) is 0 Å². The van der Waals surface area contributed by atoms with Gasteiger partial charge in [-0.2, -0.15) is 0 Å². The molecule has 158 valence electrons. The van der Waals surface area contributed by atoms with Crippen molar-refractivity contribution >= 4 is 35.8 Å². The van der Waals surface area contributed by atoms with Crippen molar-refractivity contribution in [3.8, 4) is 5.75 Å². The Kier molecular flexibility index (Phi) is 9.46. The number of ether oxygens (including phenoxy) is 1. The molecule has 1 aromatic carbocycles. The van der Waals surface area contributed by atoms with Crippen molar-refractivity contribution in [2.24, 2.45) is 10.7 Å². The summed E-state index contributed by atoms with van der Waals surface area (Å²) in [6, 6.07) is 12.2. The third-order valence-corrected chi connectivity index (χ3v) is 4.95. The summed E-state index contributed by atoms with van der Waals surface area (Å²) < 4.78 is 5.17. The lowest BCUT2D eigenvalue weighted by atomic mass is 10.1. The molecule has 0 aliphatic carbocycles. The van der Waals surface area contributed by atoms with Crippen molar-refractivity contribution in [3.05, 3.63) is 53.7 Å². The van der Waals surface area contributed by atoms with Gasteiger partial charge < -0.3 is 25.6 Å². The average molecular weight is 510 g/mol. The number of aliphatic imine (C=N–C) groups is 1. The molecule has 2 heterocycles. The van der Waals surface area contributed by atoms with Crippen LogP contribution in [-0.4, -0.2) is 62.7 Å². The standard InChI is InChI=1S/C21H30N6O.HI/c1-26-11-13-27(14-12-26)20-15-18(8-9-23-20)16-25-21(22)24-10-7-17-3-5-19(28-2)6-4-17;/h3-6,8-9,15H,7,10-14,16H2,1-2H3,(H3,22,24,25);1H. The lowest BCUT2D eigenvalue weighted by molar-refractivity contribution is 0.312. The normalized spacial score (nSPS) is 15.0. The Balaban J connectivity index is 0.00000300. The zero-order valence-corrected chi connectivity index (χ0v) is 19.5. The lowest BCUT2D eigenvalue weighted by Gasteiger charge is -2.33. The highest BCUT2D eigenvalue weighted by molar-refractivity contribution is 14.0. The van der Waals surface area contributed by atoms with Crippen molar-refractivity contribution in [3.63, 3.8) is 0 Å². The fraction of sp³-hybridized carbons (Fsp3) is 0.429. The third-order valence-electron chi connectivity index (χ3n) is 4.95. The minimum Gasteiger partial charge on any atom is -0.497 e. The molecule has 0 amide bonds. The van der Waals surface area contributed by atoms with Crippen molar-refractivity contribution in [1.82, 2.24) is 15.2 Å². The highest BCUT2D eigenvalue weighted by Crippen LogP contribution is 2.15. The first-order valence-corrected chi connectivity index (χ1v) is 9.69. The van der Waals surface area contributed by atoms with Crippen LogP contribution in [0.2, 0.25) is 0 Å². The molecule has 0 unspecified atom stereocenters. The third kappa shape index (κ3) is 7.36. The van der Waals surface area contributed by atoms with E-state index >= 15 is 0 Å². The van der Waals surface area contributed by atoms with E-state index in [0.717, 1.165) is 56.3 Å². The molecule has 0 spiro atoms. The first kappa shape index (κ1) is 23.2. The summed E-state index contributed by atoms with van der Waals surface area (Å²) in [4.78, 5) is 13.6. The number of nitrogens with zero attached hydrogens (tertiary/aromatic N) is 4.